The number of nitrogens with zero attached hydrogens (tertiary/aromatic N) is 2. The first kappa shape index (κ1) is 22.6. The summed E-state index contributed by atoms with van der Waals surface area (Å²) in [6, 6.07) is 13.1. The van der Waals surface area contributed by atoms with Crippen molar-refractivity contribution in [3.8, 4) is 0 Å². The Kier molecular flexibility index (Phi) is 6.54. The van der Waals surface area contributed by atoms with Crippen molar-refractivity contribution in [3.63, 3.8) is 0 Å². The van der Waals surface area contributed by atoms with Crippen molar-refractivity contribution in [2.75, 3.05) is 22.9 Å². The molecule has 1 atom stereocenters. The molecule has 0 saturated heterocycles. The number of amides is 1. The second kappa shape index (κ2) is 8.96. The van der Waals surface area contributed by atoms with Crippen LogP contribution in [0.25, 0.3) is 0 Å². The third-order valence-corrected chi connectivity index (χ3v) is 5.82. The van der Waals surface area contributed by atoms with Crippen LogP contribution in [-0.2, 0) is 9.59 Å². The van der Waals surface area contributed by atoms with Crippen LogP contribution in [0.4, 0.5) is 11.4 Å². The highest BCUT2D eigenvalue weighted by molar-refractivity contribution is 6.16. The summed E-state index contributed by atoms with van der Waals surface area (Å²) in [5.41, 5.74) is 4.77. The zero-order valence-electron chi connectivity index (χ0n) is 19.3. The Hall–Kier alpha value is -3.08. The normalized spacial score (nSPS) is 16.4. The Morgan fingerprint density at radius 1 is 1.03 bits per heavy atom. The van der Waals surface area contributed by atoms with Gasteiger partial charge in [0.25, 0.3) is 5.91 Å². The molecule has 3 rings (SSSR count). The summed E-state index contributed by atoms with van der Waals surface area (Å²) in [6.45, 7) is 13.5. The van der Waals surface area contributed by atoms with Crippen LogP contribution in [0, 0.1) is 19.8 Å². The fraction of sp³-hybridized carbons (Fsp3) is 0.385. The third-order valence-electron chi connectivity index (χ3n) is 5.82. The number of Topliss-reactive ketones (excluding diaryl/α,β-unsaturated/α-hetero) is 1. The molecule has 1 amide bonds. The lowest BCUT2D eigenvalue weighted by atomic mass is 9.91. The molecule has 0 fully saturated rings. The topological polar surface area (TPSA) is 60.9 Å². The molecule has 1 N–H and O–H groups in total. The number of anilines is 2. The second-order valence-corrected chi connectivity index (χ2v) is 8.47. The third kappa shape index (κ3) is 4.22. The number of benzene rings is 2. The van der Waals surface area contributed by atoms with Gasteiger partial charge in [-0.3, -0.25) is 14.5 Å². The van der Waals surface area contributed by atoms with Crippen molar-refractivity contribution in [2.45, 2.75) is 47.6 Å². The fourth-order valence-electron chi connectivity index (χ4n) is 4.30. The lowest BCUT2D eigenvalue weighted by Gasteiger charge is -2.29. The van der Waals surface area contributed by atoms with Crippen molar-refractivity contribution >= 4 is 23.1 Å². The lowest BCUT2D eigenvalue weighted by Crippen LogP contribution is -2.31. The lowest BCUT2D eigenvalue weighted by molar-refractivity contribution is -0.119. The van der Waals surface area contributed by atoms with Crippen molar-refractivity contribution in [3.05, 3.63) is 70.5 Å². The first-order valence-corrected chi connectivity index (χ1v) is 10.9. The average Bonchev–Trinajstić information content (AvgIpc) is 2.99. The van der Waals surface area contributed by atoms with Gasteiger partial charge in [0.1, 0.15) is 0 Å². The molecule has 31 heavy (non-hydrogen) atoms. The first-order valence-electron chi connectivity index (χ1n) is 10.9. The minimum Gasteiger partial charge on any atom is -0.503 e. The Morgan fingerprint density at radius 2 is 1.58 bits per heavy atom. The summed E-state index contributed by atoms with van der Waals surface area (Å²) < 4.78 is 0. The zero-order valence-corrected chi connectivity index (χ0v) is 19.3. The van der Waals surface area contributed by atoms with Crippen molar-refractivity contribution < 1.29 is 14.7 Å². The molecule has 1 unspecified atom stereocenters. The van der Waals surface area contributed by atoms with Gasteiger partial charge in [0.2, 0.25) is 0 Å². The van der Waals surface area contributed by atoms with E-state index in [-0.39, 0.29) is 17.3 Å². The van der Waals surface area contributed by atoms with E-state index in [1.165, 1.54) is 0 Å². The number of carbonyl (C=O) groups is 2. The first-order chi connectivity index (χ1) is 14.7. The van der Waals surface area contributed by atoms with Crippen LogP contribution in [0.2, 0.25) is 0 Å². The Bertz CT molecular complexity index is 997. The summed E-state index contributed by atoms with van der Waals surface area (Å²) in [5, 5.41) is 10.8. The highest BCUT2D eigenvalue weighted by atomic mass is 16.3. The molecule has 5 nitrogen and oxygen atoms in total. The van der Waals surface area contributed by atoms with Gasteiger partial charge < -0.3 is 10.0 Å². The summed E-state index contributed by atoms with van der Waals surface area (Å²) in [6.07, 6.45) is 0. The van der Waals surface area contributed by atoms with Crippen LogP contribution in [0.1, 0.15) is 50.4 Å². The van der Waals surface area contributed by atoms with Crippen LogP contribution in [0.5, 0.6) is 0 Å². The molecule has 1 aliphatic heterocycles. The van der Waals surface area contributed by atoms with Crippen molar-refractivity contribution in [1.82, 2.24) is 0 Å². The number of carbonyl (C=O) groups excluding carboxylic acids is 2. The van der Waals surface area contributed by atoms with E-state index in [0.717, 1.165) is 35.5 Å². The van der Waals surface area contributed by atoms with E-state index in [9.17, 15) is 14.7 Å². The molecule has 0 bridgehead atoms. The maximum Gasteiger partial charge on any atom is 0.294 e. The molecule has 0 aliphatic carbocycles. The standard InChI is InChI=1S/C26H32N2O3/c1-7-27(8-2)20-11-9-19(10-12-20)23-22(24(29)16(3)4)25(30)26(31)28(23)21-14-17(5)13-18(6)15-21/h9-16,23,30H,7-8H2,1-6H3. The van der Waals surface area contributed by atoms with Gasteiger partial charge in [-0.2, -0.15) is 0 Å². The maximum absolute atomic E-state index is 13.2. The van der Waals surface area contributed by atoms with E-state index >= 15 is 0 Å². The van der Waals surface area contributed by atoms with Crippen LogP contribution in [-0.4, -0.2) is 29.9 Å². The largest absolute Gasteiger partial charge is 0.503 e. The van der Waals surface area contributed by atoms with Gasteiger partial charge in [-0.05, 0) is 68.7 Å². The second-order valence-electron chi connectivity index (χ2n) is 8.47. The molecule has 0 spiro atoms. The van der Waals surface area contributed by atoms with Crippen molar-refractivity contribution in [2.24, 2.45) is 5.92 Å². The average molecular weight is 421 g/mol. The molecule has 0 saturated carbocycles. The number of aliphatic hydroxyl groups is 1. The minimum absolute atomic E-state index is 0.176. The van der Waals surface area contributed by atoms with E-state index in [1.807, 2.05) is 56.3 Å². The van der Waals surface area contributed by atoms with Crippen LogP contribution >= 0.6 is 0 Å². The van der Waals surface area contributed by atoms with Gasteiger partial charge in [0.05, 0.1) is 11.6 Å². The maximum atomic E-state index is 13.2. The molecule has 0 aromatic heterocycles. The van der Waals surface area contributed by atoms with E-state index < -0.39 is 17.7 Å². The van der Waals surface area contributed by atoms with Crippen LogP contribution < -0.4 is 9.80 Å². The summed E-state index contributed by atoms with van der Waals surface area (Å²) in [7, 11) is 0. The minimum atomic E-state index is -0.658. The van der Waals surface area contributed by atoms with Gasteiger partial charge in [-0.15, -0.1) is 0 Å². The molecular weight excluding hydrogens is 388 g/mol. The summed E-state index contributed by atoms with van der Waals surface area (Å²) in [5.74, 6) is -1.53. The quantitative estimate of drug-likeness (QED) is 0.662. The summed E-state index contributed by atoms with van der Waals surface area (Å²) in [4.78, 5) is 30.0. The van der Waals surface area contributed by atoms with Gasteiger partial charge in [-0.1, -0.05) is 32.0 Å². The van der Waals surface area contributed by atoms with Gasteiger partial charge in [-0.25, -0.2) is 0 Å². The molecule has 5 heteroatoms. The molecule has 164 valence electrons. The Labute approximate surface area is 185 Å². The molecular formula is C26H32N2O3. The predicted molar refractivity (Wildman–Crippen MR) is 126 cm³/mol. The summed E-state index contributed by atoms with van der Waals surface area (Å²) >= 11 is 0. The van der Waals surface area contributed by atoms with Crippen LogP contribution in [0.3, 0.4) is 0 Å². The Balaban J connectivity index is 2.16. The van der Waals surface area contributed by atoms with Gasteiger partial charge in [0.15, 0.2) is 11.5 Å². The van der Waals surface area contributed by atoms with E-state index in [2.05, 4.69) is 18.7 Å². The van der Waals surface area contributed by atoms with E-state index in [1.54, 1.807) is 18.7 Å². The number of hydrogen-bond donors (Lipinski definition) is 1. The molecule has 2 aromatic rings. The fourth-order valence-corrected chi connectivity index (χ4v) is 4.30. The van der Waals surface area contributed by atoms with Crippen LogP contribution in [0.15, 0.2) is 53.8 Å². The van der Waals surface area contributed by atoms with Crippen molar-refractivity contribution in [1.29, 1.82) is 0 Å². The highest BCUT2D eigenvalue weighted by Crippen LogP contribution is 2.42. The molecule has 0 radical (unpaired) electrons. The zero-order chi connectivity index (χ0) is 22.9. The van der Waals surface area contributed by atoms with Gasteiger partial charge >= 0.3 is 0 Å². The molecule has 1 heterocycles. The number of aryl methyl sites for hydroxylation is 2. The van der Waals surface area contributed by atoms with E-state index in [0.29, 0.717) is 5.69 Å². The molecule has 2 aromatic carbocycles. The SMILES string of the molecule is CCN(CC)c1ccc(C2C(C(=O)C(C)C)=C(O)C(=O)N2c2cc(C)cc(C)c2)cc1. The molecule has 1 aliphatic rings. The van der Waals surface area contributed by atoms with E-state index in [4.69, 9.17) is 0 Å². The van der Waals surface area contributed by atoms with Gasteiger partial charge in [0, 0.05) is 30.4 Å². The highest BCUT2D eigenvalue weighted by Gasteiger charge is 2.44. The smallest absolute Gasteiger partial charge is 0.294 e. The monoisotopic (exact) mass is 420 g/mol. The number of aliphatic hydroxyl groups excluding tert-OH is 1. The number of ketones is 1. The number of hydrogen-bond acceptors (Lipinski definition) is 4. The predicted octanol–water partition coefficient (Wildman–Crippen LogP) is 5.27. The Morgan fingerprint density at radius 3 is 2.06 bits per heavy atom. The number of rotatable bonds is 7.